The highest BCUT2D eigenvalue weighted by Gasteiger charge is 2.23. The molecule has 1 aromatic carbocycles. The molecule has 0 aliphatic carbocycles. The number of benzene rings is 1. The molecule has 18 heavy (non-hydrogen) atoms. The number of halogens is 1. The summed E-state index contributed by atoms with van der Waals surface area (Å²) >= 11 is 3.41. The second kappa shape index (κ2) is 6.20. The fourth-order valence-electron chi connectivity index (χ4n) is 1.92. The van der Waals surface area contributed by atoms with Gasteiger partial charge in [-0.15, -0.1) is 0 Å². The summed E-state index contributed by atoms with van der Waals surface area (Å²) in [4.78, 5) is 14.0. The fraction of sp³-hybridized carbons (Fsp3) is 0.462. The van der Waals surface area contributed by atoms with E-state index in [0.717, 1.165) is 30.7 Å². The second-order valence-electron chi connectivity index (χ2n) is 4.27. The third kappa shape index (κ3) is 3.23. The minimum Gasteiger partial charge on any atom is -0.480 e. The van der Waals surface area contributed by atoms with Crippen LogP contribution in [0.2, 0.25) is 0 Å². The van der Waals surface area contributed by atoms with Gasteiger partial charge in [0, 0.05) is 26.2 Å². The van der Waals surface area contributed by atoms with Crippen molar-refractivity contribution in [3.63, 3.8) is 0 Å². The highest BCUT2D eigenvalue weighted by molar-refractivity contribution is 9.10. The van der Waals surface area contributed by atoms with Crippen LogP contribution in [0.5, 0.6) is 5.75 Å². The standard InChI is InChI=1S/C13H17BrN2O2/c1-10(13(17)16-8-6-15-7-9-16)18-12-5-3-2-4-11(12)14/h2-5,10,15H,6-9H2,1H3. The maximum absolute atomic E-state index is 12.2. The number of nitrogens with zero attached hydrogens (tertiary/aromatic N) is 1. The van der Waals surface area contributed by atoms with Crippen molar-refractivity contribution in [2.75, 3.05) is 26.2 Å². The molecule has 1 aliphatic rings. The molecule has 1 aliphatic heterocycles. The van der Waals surface area contributed by atoms with Crippen LogP contribution in [0, 0.1) is 0 Å². The van der Waals surface area contributed by atoms with Crippen molar-refractivity contribution >= 4 is 21.8 Å². The van der Waals surface area contributed by atoms with Crippen LogP contribution in [0.25, 0.3) is 0 Å². The number of rotatable bonds is 3. The van der Waals surface area contributed by atoms with Crippen LogP contribution in [0.4, 0.5) is 0 Å². The number of carbonyl (C=O) groups excluding carboxylic acids is 1. The molecule has 1 heterocycles. The van der Waals surface area contributed by atoms with Gasteiger partial charge in [0.15, 0.2) is 6.10 Å². The zero-order valence-corrected chi connectivity index (χ0v) is 11.9. The molecular formula is C13H17BrN2O2. The molecule has 1 fully saturated rings. The molecule has 1 atom stereocenters. The van der Waals surface area contributed by atoms with Gasteiger partial charge in [0.25, 0.3) is 5.91 Å². The zero-order valence-electron chi connectivity index (χ0n) is 10.4. The lowest BCUT2D eigenvalue weighted by molar-refractivity contribution is -0.138. The molecule has 1 aromatic rings. The summed E-state index contributed by atoms with van der Waals surface area (Å²) in [7, 11) is 0. The Morgan fingerprint density at radius 2 is 2.06 bits per heavy atom. The van der Waals surface area contributed by atoms with Crippen molar-refractivity contribution in [2.45, 2.75) is 13.0 Å². The largest absolute Gasteiger partial charge is 0.480 e. The number of amides is 1. The zero-order chi connectivity index (χ0) is 13.0. The number of para-hydroxylation sites is 1. The Morgan fingerprint density at radius 1 is 1.39 bits per heavy atom. The number of nitrogens with one attached hydrogen (secondary N) is 1. The van der Waals surface area contributed by atoms with E-state index in [9.17, 15) is 4.79 Å². The van der Waals surface area contributed by atoms with E-state index in [1.807, 2.05) is 29.2 Å². The van der Waals surface area contributed by atoms with Gasteiger partial charge in [0.05, 0.1) is 4.47 Å². The van der Waals surface area contributed by atoms with E-state index in [2.05, 4.69) is 21.2 Å². The summed E-state index contributed by atoms with van der Waals surface area (Å²) < 4.78 is 6.57. The molecule has 0 spiro atoms. The topological polar surface area (TPSA) is 41.6 Å². The molecule has 1 saturated heterocycles. The van der Waals surface area contributed by atoms with Gasteiger partial charge < -0.3 is 15.0 Å². The first-order valence-corrected chi connectivity index (χ1v) is 6.88. The summed E-state index contributed by atoms with van der Waals surface area (Å²) in [5.74, 6) is 0.751. The molecule has 1 unspecified atom stereocenters. The van der Waals surface area contributed by atoms with E-state index < -0.39 is 6.10 Å². The monoisotopic (exact) mass is 312 g/mol. The highest BCUT2D eigenvalue weighted by Crippen LogP contribution is 2.25. The number of hydrogen-bond donors (Lipinski definition) is 1. The molecule has 98 valence electrons. The molecule has 0 saturated carbocycles. The number of piperazine rings is 1. The van der Waals surface area contributed by atoms with Gasteiger partial charge >= 0.3 is 0 Å². The Labute approximate surface area is 115 Å². The van der Waals surface area contributed by atoms with Gasteiger partial charge in [0.1, 0.15) is 5.75 Å². The van der Waals surface area contributed by atoms with Gasteiger partial charge in [-0.3, -0.25) is 4.79 Å². The normalized spacial score (nSPS) is 17.3. The van der Waals surface area contributed by atoms with E-state index in [4.69, 9.17) is 4.74 Å². The second-order valence-corrected chi connectivity index (χ2v) is 5.12. The van der Waals surface area contributed by atoms with E-state index in [1.165, 1.54) is 0 Å². The van der Waals surface area contributed by atoms with Crippen molar-refractivity contribution in [3.05, 3.63) is 28.7 Å². The lowest BCUT2D eigenvalue weighted by Crippen LogP contribution is -2.50. The molecule has 1 amide bonds. The van der Waals surface area contributed by atoms with E-state index in [-0.39, 0.29) is 5.91 Å². The smallest absolute Gasteiger partial charge is 0.263 e. The maximum Gasteiger partial charge on any atom is 0.263 e. The highest BCUT2D eigenvalue weighted by atomic mass is 79.9. The van der Waals surface area contributed by atoms with Crippen molar-refractivity contribution in [1.29, 1.82) is 0 Å². The molecule has 1 N–H and O–H groups in total. The van der Waals surface area contributed by atoms with Gasteiger partial charge in [-0.05, 0) is 35.0 Å². The van der Waals surface area contributed by atoms with E-state index >= 15 is 0 Å². The Bertz CT molecular complexity index is 419. The van der Waals surface area contributed by atoms with Gasteiger partial charge in [0.2, 0.25) is 0 Å². The number of hydrogen-bond acceptors (Lipinski definition) is 3. The predicted octanol–water partition coefficient (Wildman–Crippen LogP) is 1.65. The third-order valence-corrected chi connectivity index (χ3v) is 3.57. The Hall–Kier alpha value is -1.07. The molecule has 4 nitrogen and oxygen atoms in total. The first-order chi connectivity index (χ1) is 8.68. The third-order valence-electron chi connectivity index (χ3n) is 2.92. The Morgan fingerprint density at radius 3 is 2.72 bits per heavy atom. The summed E-state index contributed by atoms with van der Waals surface area (Å²) in [6.45, 7) is 5.01. The summed E-state index contributed by atoms with van der Waals surface area (Å²) in [5, 5.41) is 3.23. The van der Waals surface area contributed by atoms with Crippen molar-refractivity contribution in [2.24, 2.45) is 0 Å². The summed E-state index contributed by atoms with van der Waals surface area (Å²) in [6.07, 6.45) is -0.457. The molecular weight excluding hydrogens is 296 g/mol. The van der Waals surface area contributed by atoms with Crippen LogP contribution in [-0.4, -0.2) is 43.1 Å². The Kier molecular flexibility index (Phi) is 4.60. The van der Waals surface area contributed by atoms with Crippen molar-refractivity contribution < 1.29 is 9.53 Å². The van der Waals surface area contributed by atoms with Crippen LogP contribution in [-0.2, 0) is 4.79 Å². The van der Waals surface area contributed by atoms with Gasteiger partial charge in [-0.2, -0.15) is 0 Å². The first kappa shape index (κ1) is 13.4. The number of carbonyl (C=O) groups is 1. The summed E-state index contributed by atoms with van der Waals surface area (Å²) in [6, 6.07) is 7.56. The van der Waals surface area contributed by atoms with Gasteiger partial charge in [-0.25, -0.2) is 0 Å². The molecule has 2 rings (SSSR count). The first-order valence-electron chi connectivity index (χ1n) is 6.09. The average molecular weight is 313 g/mol. The maximum atomic E-state index is 12.2. The van der Waals surface area contributed by atoms with E-state index in [0.29, 0.717) is 5.75 Å². The van der Waals surface area contributed by atoms with Crippen molar-refractivity contribution in [1.82, 2.24) is 10.2 Å². The summed E-state index contributed by atoms with van der Waals surface area (Å²) in [5.41, 5.74) is 0. The van der Waals surface area contributed by atoms with Crippen LogP contribution in [0.3, 0.4) is 0 Å². The quantitative estimate of drug-likeness (QED) is 0.922. The lowest BCUT2D eigenvalue weighted by Gasteiger charge is -2.29. The van der Waals surface area contributed by atoms with Crippen LogP contribution in [0.15, 0.2) is 28.7 Å². The lowest BCUT2D eigenvalue weighted by atomic mass is 10.3. The SMILES string of the molecule is CC(Oc1ccccc1Br)C(=O)N1CCNCC1. The average Bonchev–Trinajstić information content (AvgIpc) is 2.41. The van der Waals surface area contributed by atoms with Crippen LogP contribution >= 0.6 is 15.9 Å². The molecule has 5 heteroatoms. The molecule has 0 aromatic heterocycles. The predicted molar refractivity (Wildman–Crippen MR) is 73.7 cm³/mol. The molecule has 0 bridgehead atoms. The Balaban J connectivity index is 1.96. The fourth-order valence-corrected chi connectivity index (χ4v) is 2.30. The van der Waals surface area contributed by atoms with Crippen LogP contribution < -0.4 is 10.1 Å². The van der Waals surface area contributed by atoms with E-state index in [1.54, 1.807) is 6.92 Å². The minimum absolute atomic E-state index is 0.0484. The molecule has 0 radical (unpaired) electrons. The number of ether oxygens (including phenoxy) is 1. The minimum atomic E-state index is -0.457. The van der Waals surface area contributed by atoms with Gasteiger partial charge in [-0.1, -0.05) is 12.1 Å². The van der Waals surface area contributed by atoms with Crippen LogP contribution in [0.1, 0.15) is 6.92 Å². The van der Waals surface area contributed by atoms with Crippen molar-refractivity contribution in [3.8, 4) is 5.75 Å².